The van der Waals surface area contributed by atoms with Crippen LogP contribution in [-0.2, 0) is 17.2 Å². The van der Waals surface area contributed by atoms with E-state index in [1.807, 2.05) is 0 Å². The van der Waals surface area contributed by atoms with Gasteiger partial charge in [0.15, 0.2) is 0 Å². The number of hydrogen-bond acceptors (Lipinski definition) is 3. The molecule has 1 aliphatic heterocycles. The predicted octanol–water partition coefficient (Wildman–Crippen LogP) is 1.26. The van der Waals surface area contributed by atoms with Gasteiger partial charge < -0.3 is 5.32 Å². The number of thiophene rings is 1. The van der Waals surface area contributed by atoms with Crippen LogP contribution in [0.3, 0.4) is 0 Å². The molecular formula is C10H15NOS2. The van der Waals surface area contributed by atoms with Crippen LogP contribution in [0.1, 0.15) is 5.56 Å². The fraction of sp³-hybridized carbons (Fsp3) is 0.600. The second-order valence-corrected chi connectivity index (χ2v) is 6.12. The lowest BCUT2D eigenvalue weighted by Gasteiger charge is -2.26. The average molecular weight is 229 g/mol. The van der Waals surface area contributed by atoms with Crippen molar-refractivity contribution in [2.45, 2.75) is 6.42 Å². The third kappa shape index (κ3) is 2.90. The zero-order valence-electron chi connectivity index (χ0n) is 8.07. The van der Waals surface area contributed by atoms with Gasteiger partial charge in [-0.3, -0.25) is 4.21 Å². The lowest BCUT2D eigenvalue weighted by molar-refractivity contribution is 0.382. The van der Waals surface area contributed by atoms with Gasteiger partial charge in [-0.05, 0) is 34.7 Å². The van der Waals surface area contributed by atoms with Crippen molar-refractivity contribution in [3.8, 4) is 0 Å². The third-order valence-electron chi connectivity index (χ3n) is 2.49. The fourth-order valence-electron chi connectivity index (χ4n) is 1.48. The molecule has 4 heteroatoms. The molecule has 2 rings (SSSR count). The van der Waals surface area contributed by atoms with Crippen LogP contribution < -0.4 is 5.32 Å². The van der Waals surface area contributed by atoms with E-state index in [9.17, 15) is 4.21 Å². The molecule has 0 spiro atoms. The van der Waals surface area contributed by atoms with Crippen molar-refractivity contribution in [2.24, 2.45) is 5.92 Å². The maximum atomic E-state index is 11.6. The maximum absolute atomic E-state index is 11.6. The zero-order valence-corrected chi connectivity index (χ0v) is 9.70. The van der Waals surface area contributed by atoms with E-state index in [0.717, 1.165) is 31.0 Å². The summed E-state index contributed by atoms with van der Waals surface area (Å²) in [5, 5.41) is 7.42. The Morgan fingerprint density at radius 2 is 2.43 bits per heavy atom. The molecule has 1 N–H and O–H groups in total. The molecule has 0 aliphatic carbocycles. The third-order valence-corrected chi connectivity index (χ3v) is 4.72. The zero-order chi connectivity index (χ0) is 9.80. The summed E-state index contributed by atoms with van der Waals surface area (Å²) in [5.74, 6) is 2.38. The van der Waals surface area contributed by atoms with Crippen LogP contribution in [0.25, 0.3) is 0 Å². The average Bonchev–Trinajstić information content (AvgIpc) is 2.60. The number of hydrogen-bond donors (Lipinski definition) is 1. The predicted molar refractivity (Wildman–Crippen MR) is 62.3 cm³/mol. The van der Waals surface area contributed by atoms with E-state index in [-0.39, 0.29) is 0 Å². The van der Waals surface area contributed by atoms with Gasteiger partial charge in [-0.15, -0.1) is 0 Å². The van der Waals surface area contributed by atoms with E-state index in [1.165, 1.54) is 5.56 Å². The van der Waals surface area contributed by atoms with Crippen LogP contribution in [-0.4, -0.2) is 28.8 Å². The monoisotopic (exact) mass is 229 g/mol. The summed E-state index contributed by atoms with van der Waals surface area (Å²) in [6.07, 6.45) is 0.969. The Hall–Kier alpha value is -0.190. The molecule has 0 bridgehead atoms. The quantitative estimate of drug-likeness (QED) is 0.823. The highest BCUT2D eigenvalue weighted by Crippen LogP contribution is 2.09. The Balaban J connectivity index is 1.67. The highest BCUT2D eigenvalue weighted by Gasteiger charge is 2.18. The van der Waals surface area contributed by atoms with Crippen molar-refractivity contribution in [3.63, 3.8) is 0 Å². The summed E-state index contributed by atoms with van der Waals surface area (Å²) < 4.78 is 11.6. The molecule has 1 saturated heterocycles. The number of nitrogens with one attached hydrogen (secondary N) is 1. The standard InChI is InChI=1S/C10H15NOS2/c12-14(8-10-5-11-6-10)4-2-9-1-3-13-7-9/h1,3,7,10-11H,2,4-6,8H2. The Bertz CT molecular complexity index is 293. The lowest BCUT2D eigenvalue weighted by Crippen LogP contribution is -2.45. The normalized spacial score (nSPS) is 19.1. The summed E-state index contributed by atoms with van der Waals surface area (Å²) in [5.41, 5.74) is 1.33. The Morgan fingerprint density at radius 3 is 3.00 bits per heavy atom. The van der Waals surface area contributed by atoms with Gasteiger partial charge in [0, 0.05) is 35.4 Å². The minimum Gasteiger partial charge on any atom is -0.316 e. The molecule has 1 unspecified atom stereocenters. The highest BCUT2D eigenvalue weighted by molar-refractivity contribution is 7.84. The fourth-order valence-corrected chi connectivity index (χ4v) is 3.57. The molecule has 78 valence electrons. The van der Waals surface area contributed by atoms with E-state index < -0.39 is 10.8 Å². The van der Waals surface area contributed by atoms with Gasteiger partial charge >= 0.3 is 0 Å². The van der Waals surface area contributed by atoms with Crippen LogP contribution in [0.2, 0.25) is 0 Å². The van der Waals surface area contributed by atoms with Crippen LogP contribution in [0.4, 0.5) is 0 Å². The van der Waals surface area contributed by atoms with Crippen LogP contribution in [0.5, 0.6) is 0 Å². The van der Waals surface area contributed by atoms with Gasteiger partial charge in [-0.25, -0.2) is 0 Å². The second kappa shape index (κ2) is 5.05. The Kier molecular flexibility index (Phi) is 3.73. The van der Waals surface area contributed by atoms with Crippen molar-refractivity contribution in [3.05, 3.63) is 22.4 Å². The van der Waals surface area contributed by atoms with Crippen molar-refractivity contribution in [1.29, 1.82) is 0 Å². The number of aryl methyl sites for hydroxylation is 1. The van der Waals surface area contributed by atoms with Crippen molar-refractivity contribution >= 4 is 22.1 Å². The van der Waals surface area contributed by atoms with Gasteiger partial charge in [0.2, 0.25) is 0 Å². The molecule has 0 saturated carbocycles. The first-order chi connectivity index (χ1) is 6.84. The van der Waals surface area contributed by atoms with Crippen LogP contribution in [0, 0.1) is 5.92 Å². The topological polar surface area (TPSA) is 29.1 Å². The van der Waals surface area contributed by atoms with E-state index >= 15 is 0 Å². The molecule has 1 atom stereocenters. The van der Waals surface area contributed by atoms with Crippen molar-refractivity contribution in [1.82, 2.24) is 5.32 Å². The summed E-state index contributed by atoms with van der Waals surface area (Å²) in [6.45, 7) is 2.12. The molecule has 2 heterocycles. The van der Waals surface area contributed by atoms with Crippen molar-refractivity contribution < 1.29 is 4.21 Å². The van der Waals surface area contributed by atoms with Crippen molar-refractivity contribution in [2.75, 3.05) is 24.6 Å². The summed E-state index contributed by atoms with van der Waals surface area (Å²) in [6, 6.07) is 2.12. The highest BCUT2D eigenvalue weighted by atomic mass is 32.2. The minimum atomic E-state index is -0.619. The molecule has 1 fully saturated rings. The van der Waals surface area contributed by atoms with Gasteiger partial charge in [-0.1, -0.05) is 0 Å². The maximum Gasteiger partial charge on any atom is 0.0287 e. The van der Waals surface area contributed by atoms with E-state index in [0.29, 0.717) is 5.92 Å². The summed E-state index contributed by atoms with van der Waals surface area (Å²) in [4.78, 5) is 0. The van der Waals surface area contributed by atoms with Gasteiger partial charge in [0.25, 0.3) is 0 Å². The summed E-state index contributed by atoms with van der Waals surface area (Å²) >= 11 is 1.71. The Morgan fingerprint density at radius 1 is 1.57 bits per heavy atom. The van der Waals surface area contributed by atoms with E-state index in [2.05, 4.69) is 22.1 Å². The molecular weight excluding hydrogens is 214 g/mol. The first-order valence-electron chi connectivity index (χ1n) is 4.91. The molecule has 1 aliphatic rings. The minimum absolute atomic E-state index is 0.619. The smallest absolute Gasteiger partial charge is 0.0287 e. The Labute approximate surface area is 91.2 Å². The first-order valence-corrected chi connectivity index (χ1v) is 7.34. The summed E-state index contributed by atoms with van der Waals surface area (Å²) in [7, 11) is -0.619. The van der Waals surface area contributed by atoms with E-state index in [1.54, 1.807) is 11.3 Å². The lowest BCUT2D eigenvalue weighted by atomic mass is 10.1. The molecule has 1 aromatic heterocycles. The largest absolute Gasteiger partial charge is 0.316 e. The molecule has 0 aromatic carbocycles. The molecule has 0 amide bonds. The van der Waals surface area contributed by atoms with Crippen LogP contribution in [0.15, 0.2) is 16.8 Å². The molecule has 1 aromatic rings. The second-order valence-electron chi connectivity index (χ2n) is 3.72. The molecule has 2 nitrogen and oxygen atoms in total. The first kappa shape index (κ1) is 10.3. The molecule has 14 heavy (non-hydrogen) atoms. The van der Waals surface area contributed by atoms with Gasteiger partial charge in [-0.2, -0.15) is 11.3 Å². The van der Waals surface area contributed by atoms with Crippen LogP contribution >= 0.6 is 11.3 Å². The van der Waals surface area contributed by atoms with Gasteiger partial charge in [0.05, 0.1) is 0 Å². The van der Waals surface area contributed by atoms with E-state index in [4.69, 9.17) is 0 Å². The van der Waals surface area contributed by atoms with Gasteiger partial charge in [0.1, 0.15) is 0 Å². The molecule has 0 radical (unpaired) electrons. The SMILES string of the molecule is O=S(CCc1ccsc1)CC1CNC1. The number of rotatable bonds is 5.